The molecule has 1 aliphatic heterocycles. The van der Waals surface area contributed by atoms with Gasteiger partial charge in [0.2, 0.25) is 11.7 Å². The first-order valence-electron chi connectivity index (χ1n) is 8.20. The number of aryl methyl sites for hydroxylation is 1. The number of hydrogen-bond acceptors (Lipinski definition) is 6. The fraction of sp³-hybridized carbons (Fsp3) is 0.278. The molecule has 1 aliphatic rings. The normalized spacial score (nSPS) is 17.0. The number of aromatic nitrogens is 4. The van der Waals surface area contributed by atoms with Crippen LogP contribution >= 0.6 is 0 Å². The predicted octanol–water partition coefficient (Wildman–Crippen LogP) is 2.81. The zero-order chi connectivity index (χ0) is 17.2. The van der Waals surface area contributed by atoms with Gasteiger partial charge in [-0.1, -0.05) is 28.9 Å². The molecule has 1 atom stereocenters. The molecule has 25 heavy (non-hydrogen) atoms. The Kier molecular flexibility index (Phi) is 3.97. The Labute approximate surface area is 144 Å². The van der Waals surface area contributed by atoms with Gasteiger partial charge in [0.15, 0.2) is 0 Å². The lowest BCUT2D eigenvalue weighted by Crippen LogP contribution is -2.31. The molecule has 2 aromatic heterocycles. The molecule has 1 aromatic carbocycles. The van der Waals surface area contributed by atoms with Gasteiger partial charge in [-0.2, -0.15) is 4.98 Å². The molecule has 4 rings (SSSR count). The molecule has 0 radical (unpaired) electrons. The third-order valence-electron chi connectivity index (χ3n) is 4.30. The number of rotatable bonds is 3. The van der Waals surface area contributed by atoms with E-state index in [0.717, 1.165) is 24.0 Å². The quantitative estimate of drug-likeness (QED) is 0.732. The van der Waals surface area contributed by atoms with Crippen molar-refractivity contribution in [3.63, 3.8) is 0 Å². The molecule has 0 saturated carbocycles. The summed E-state index contributed by atoms with van der Waals surface area (Å²) in [7, 11) is 0. The summed E-state index contributed by atoms with van der Waals surface area (Å²) in [6.45, 7) is 2.66. The van der Waals surface area contributed by atoms with Crippen LogP contribution in [0, 0.1) is 6.92 Å². The van der Waals surface area contributed by atoms with E-state index in [1.807, 2.05) is 31.2 Å². The van der Waals surface area contributed by atoms with E-state index in [1.54, 1.807) is 11.1 Å². The number of likely N-dealkylation sites (tertiary alicyclic amines) is 1. The van der Waals surface area contributed by atoms with Crippen LogP contribution in [-0.4, -0.2) is 37.5 Å². The van der Waals surface area contributed by atoms with Crippen molar-refractivity contribution in [1.29, 1.82) is 0 Å². The molecule has 0 aliphatic carbocycles. The van der Waals surface area contributed by atoms with Gasteiger partial charge in [0, 0.05) is 24.5 Å². The fourth-order valence-electron chi connectivity index (χ4n) is 3.10. The summed E-state index contributed by atoms with van der Waals surface area (Å²) in [6.07, 6.45) is 6.22. The van der Waals surface area contributed by atoms with Crippen LogP contribution in [0.15, 0.2) is 47.4 Å². The van der Waals surface area contributed by atoms with Crippen LogP contribution in [-0.2, 0) is 0 Å². The predicted molar refractivity (Wildman–Crippen MR) is 89.5 cm³/mol. The van der Waals surface area contributed by atoms with Gasteiger partial charge in [-0.3, -0.25) is 9.78 Å². The molecule has 0 spiro atoms. The Morgan fingerprint density at radius 1 is 1.32 bits per heavy atom. The zero-order valence-corrected chi connectivity index (χ0v) is 13.8. The van der Waals surface area contributed by atoms with E-state index < -0.39 is 0 Å². The maximum absolute atomic E-state index is 12.7. The number of carbonyl (C=O) groups excluding carboxylic acids is 1. The highest BCUT2D eigenvalue weighted by Crippen LogP contribution is 2.33. The van der Waals surface area contributed by atoms with Crippen LogP contribution in [0.25, 0.3) is 11.4 Å². The minimum atomic E-state index is -0.222. The molecule has 3 heterocycles. The van der Waals surface area contributed by atoms with E-state index in [-0.39, 0.29) is 11.9 Å². The summed E-state index contributed by atoms with van der Waals surface area (Å²) in [5.74, 6) is 0.842. The average Bonchev–Trinajstić information content (AvgIpc) is 3.31. The van der Waals surface area contributed by atoms with E-state index in [9.17, 15) is 4.79 Å². The summed E-state index contributed by atoms with van der Waals surface area (Å²) in [5, 5.41) is 4.09. The van der Waals surface area contributed by atoms with Crippen LogP contribution in [0.2, 0.25) is 0 Å². The second kappa shape index (κ2) is 6.43. The lowest BCUT2D eigenvalue weighted by Gasteiger charge is -2.21. The maximum atomic E-state index is 12.7. The molecule has 1 fully saturated rings. The van der Waals surface area contributed by atoms with Crippen molar-refractivity contribution in [2.24, 2.45) is 0 Å². The van der Waals surface area contributed by atoms with Gasteiger partial charge in [-0.05, 0) is 25.8 Å². The van der Waals surface area contributed by atoms with Crippen molar-refractivity contribution in [2.75, 3.05) is 6.54 Å². The van der Waals surface area contributed by atoms with Gasteiger partial charge in [-0.25, -0.2) is 4.98 Å². The number of hydrogen-bond donors (Lipinski definition) is 0. The van der Waals surface area contributed by atoms with Crippen molar-refractivity contribution in [2.45, 2.75) is 25.8 Å². The minimum Gasteiger partial charge on any atom is -0.337 e. The molecule has 7 heteroatoms. The first-order chi connectivity index (χ1) is 12.2. The summed E-state index contributed by atoms with van der Waals surface area (Å²) >= 11 is 0. The molecular weight excluding hydrogens is 318 g/mol. The Bertz CT molecular complexity index is 893. The number of carbonyl (C=O) groups is 1. The summed E-state index contributed by atoms with van der Waals surface area (Å²) in [5.41, 5.74) is 2.36. The Hall–Kier alpha value is -3.09. The topological polar surface area (TPSA) is 85.0 Å². The zero-order valence-electron chi connectivity index (χ0n) is 13.8. The molecule has 0 unspecified atom stereocenters. The fourth-order valence-corrected chi connectivity index (χ4v) is 3.10. The second-order valence-electron chi connectivity index (χ2n) is 6.07. The molecule has 0 bridgehead atoms. The number of benzene rings is 1. The summed E-state index contributed by atoms with van der Waals surface area (Å²) < 4.78 is 5.47. The molecule has 1 saturated heterocycles. The highest BCUT2D eigenvalue weighted by atomic mass is 16.5. The summed E-state index contributed by atoms with van der Waals surface area (Å²) in [6, 6.07) is 7.70. The van der Waals surface area contributed by atoms with Gasteiger partial charge >= 0.3 is 0 Å². The van der Waals surface area contributed by atoms with Crippen LogP contribution in [0.5, 0.6) is 0 Å². The SMILES string of the molecule is Cc1cccc(-c2noc([C@H]3CCCN3C(=O)c3cnccn3)n2)c1. The van der Waals surface area contributed by atoms with Crippen molar-refractivity contribution in [3.8, 4) is 11.4 Å². The first kappa shape index (κ1) is 15.4. The third-order valence-corrected chi connectivity index (χ3v) is 4.30. The third kappa shape index (κ3) is 3.00. The van der Waals surface area contributed by atoms with Gasteiger partial charge in [0.1, 0.15) is 11.7 Å². The van der Waals surface area contributed by atoms with Gasteiger partial charge in [0.05, 0.1) is 6.20 Å². The monoisotopic (exact) mass is 335 g/mol. The largest absolute Gasteiger partial charge is 0.337 e. The standard InChI is InChI=1S/C18H17N5O2/c1-12-4-2-5-13(10-12)16-21-17(25-22-16)15-6-3-9-23(15)18(24)14-11-19-7-8-20-14/h2,4-5,7-8,10-11,15H,3,6,9H2,1H3/t15-/m1/s1. The Morgan fingerprint density at radius 2 is 2.24 bits per heavy atom. The Balaban J connectivity index is 1.60. The number of nitrogens with zero attached hydrogens (tertiary/aromatic N) is 5. The van der Waals surface area contributed by atoms with E-state index in [2.05, 4.69) is 20.1 Å². The number of amides is 1. The molecule has 7 nitrogen and oxygen atoms in total. The highest BCUT2D eigenvalue weighted by molar-refractivity contribution is 5.92. The van der Waals surface area contributed by atoms with Crippen molar-refractivity contribution >= 4 is 5.91 Å². The van der Waals surface area contributed by atoms with Crippen molar-refractivity contribution in [3.05, 3.63) is 60.0 Å². The lowest BCUT2D eigenvalue weighted by molar-refractivity contribution is 0.0703. The van der Waals surface area contributed by atoms with Crippen LogP contribution in [0.1, 0.15) is 40.8 Å². The van der Waals surface area contributed by atoms with Crippen molar-refractivity contribution in [1.82, 2.24) is 25.0 Å². The van der Waals surface area contributed by atoms with Crippen LogP contribution < -0.4 is 0 Å². The lowest BCUT2D eigenvalue weighted by atomic mass is 10.1. The average molecular weight is 335 g/mol. The molecule has 0 N–H and O–H groups in total. The van der Waals surface area contributed by atoms with E-state index in [0.29, 0.717) is 24.0 Å². The molecule has 126 valence electrons. The van der Waals surface area contributed by atoms with Gasteiger partial charge in [0.25, 0.3) is 5.91 Å². The van der Waals surface area contributed by atoms with Gasteiger partial charge < -0.3 is 9.42 Å². The molecule has 1 amide bonds. The maximum Gasteiger partial charge on any atom is 0.274 e. The van der Waals surface area contributed by atoms with Crippen LogP contribution in [0.4, 0.5) is 0 Å². The van der Waals surface area contributed by atoms with E-state index >= 15 is 0 Å². The smallest absolute Gasteiger partial charge is 0.274 e. The molecule has 3 aromatic rings. The van der Waals surface area contributed by atoms with Gasteiger partial charge in [-0.15, -0.1) is 0 Å². The van der Waals surface area contributed by atoms with Crippen molar-refractivity contribution < 1.29 is 9.32 Å². The molecular formula is C18H17N5O2. The van der Waals surface area contributed by atoms with E-state index in [1.165, 1.54) is 12.4 Å². The first-order valence-corrected chi connectivity index (χ1v) is 8.20. The second-order valence-corrected chi connectivity index (χ2v) is 6.07. The van der Waals surface area contributed by atoms with E-state index in [4.69, 9.17) is 4.52 Å². The highest BCUT2D eigenvalue weighted by Gasteiger charge is 2.35. The Morgan fingerprint density at radius 3 is 3.04 bits per heavy atom. The summed E-state index contributed by atoms with van der Waals surface area (Å²) in [4.78, 5) is 27.0. The van der Waals surface area contributed by atoms with Crippen LogP contribution in [0.3, 0.4) is 0 Å². The minimum absolute atomic E-state index is 0.161.